The lowest BCUT2D eigenvalue weighted by Crippen LogP contribution is -2.51. The Morgan fingerprint density at radius 3 is 2.61 bits per heavy atom. The highest BCUT2D eigenvalue weighted by Crippen LogP contribution is 2.45. The molecule has 2 aromatic carbocycles. The molecule has 1 spiro atoms. The minimum Gasteiger partial charge on any atom is -0.497 e. The Morgan fingerprint density at radius 1 is 1.21 bits per heavy atom. The smallest absolute Gasteiger partial charge is 0.129 e. The van der Waals surface area contributed by atoms with Crippen molar-refractivity contribution >= 4 is 11.6 Å². The van der Waals surface area contributed by atoms with Crippen LogP contribution in [0.5, 0.6) is 11.5 Å². The third-order valence-electron chi connectivity index (χ3n) is 5.92. The first-order valence-corrected chi connectivity index (χ1v) is 10.1. The maximum Gasteiger partial charge on any atom is 0.129 e. The standard InChI is InChI=1S/C22H26ClNO4/c1-27-17-6-7-18-19(25)13-22(28-21(18)12-17)8-10-24(11-9-22)14-20(26)15-2-4-16(23)5-3-15/h2-7,12,19-20,25-26H,8-11,13-14H2,1H3. The normalized spacial score (nSPS) is 22.4. The van der Waals surface area contributed by atoms with Crippen LogP contribution in [0, 0.1) is 0 Å². The van der Waals surface area contributed by atoms with Crippen LogP contribution in [-0.2, 0) is 0 Å². The Bertz CT molecular complexity index is 818. The number of aliphatic hydroxyl groups excluding tert-OH is 2. The number of hydrogen-bond acceptors (Lipinski definition) is 5. The summed E-state index contributed by atoms with van der Waals surface area (Å²) in [5.74, 6) is 1.44. The van der Waals surface area contributed by atoms with E-state index in [1.54, 1.807) is 19.2 Å². The molecule has 5 nitrogen and oxygen atoms in total. The summed E-state index contributed by atoms with van der Waals surface area (Å²) in [6, 6.07) is 12.9. The van der Waals surface area contributed by atoms with Crippen molar-refractivity contribution in [1.29, 1.82) is 0 Å². The number of piperidine rings is 1. The van der Waals surface area contributed by atoms with Gasteiger partial charge < -0.3 is 24.6 Å². The van der Waals surface area contributed by atoms with Gasteiger partial charge in [-0.05, 0) is 42.7 Å². The fourth-order valence-electron chi connectivity index (χ4n) is 4.23. The van der Waals surface area contributed by atoms with Gasteiger partial charge in [-0.25, -0.2) is 0 Å². The monoisotopic (exact) mass is 403 g/mol. The number of hydrogen-bond donors (Lipinski definition) is 2. The van der Waals surface area contributed by atoms with Crippen LogP contribution in [0.15, 0.2) is 42.5 Å². The quantitative estimate of drug-likeness (QED) is 0.814. The number of β-amino-alcohol motifs (C(OH)–C–C–N with tert-alkyl or cyclic N) is 1. The van der Waals surface area contributed by atoms with Crippen LogP contribution >= 0.6 is 11.6 Å². The lowest BCUT2D eigenvalue weighted by Gasteiger charge is -2.46. The second-order valence-corrected chi connectivity index (χ2v) is 8.21. The Kier molecular flexibility index (Phi) is 5.52. The summed E-state index contributed by atoms with van der Waals surface area (Å²) in [5, 5.41) is 21.8. The molecule has 28 heavy (non-hydrogen) atoms. The number of benzene rings is 2. The summed E-state index contributed by atoms with van der Waals surface area (Å²) in [5.41, 5.74) is 1.34. The fraction of sp³-hybridized carbons (Fsp3) is 0.455. The van der Waals surface area contributed by atoms with Crippen molar-refractivity contribution in [3.8, 4) is 11.5 Å². The van der Waals surface area contributed by atoms with Crippen LogP contribution in [0.2, 0.25) is 5.02 Å². The molecule has 2 aliphatic heterocycles. The SMILES string of the molecule is COc1ccc2c(c1)OC1(CCN(CC(O)c3ccc(Cl)cc3)CC1)CC2O. The van der Waals surface area contributed by atoms with E-state index in [0.29, 0.717) is 23.7 Å². The number of aliphatic hydroxyl groups is 2. The molecule has 6 heteroatoms. The number of fused-ring (bicyclic) bond motifs is 1. The highest BCUT2D eigenvalue weighted by molar-refractivity contribution is 6.30. The van der Waals surface area contributed by atoms with Crippen molar-refractivity contribution in [2.24, 2.45) is 0 Å². The maximum atomic E-state index is 10.6. The van der Waals surface area contributed by atoms with Crippen LogP contribution in [-0.4, -0.2) is 47.5 Å². The molecule has 2 aliphatic rings. The second-order valence-electron chi connectivity index (χ2n) is 7.78. The average Bonchev–Trinajstić information content (AvgIpc) is 2.70. The molecular weight excluding hydrogens is 378 g/mol. The zero-order chi connectivity index (χ0) is 19.7. The largest absolute Gasteiger partial charge is 0.497 e. The number of ether oxygens (including phenoxy) is 2. The number of halogens is 1. The molecule has 2 N–H and O–H groups in total. The molecule has 2 unspecified atom stereocenters. The molecule has 0 saturated carbocycles. The molecule has 0 aromatic heterocycles. The Labute approximate surface area is 170 Å². The Morgan fingerprint density at radius 2 is 1.93 bits per heavy atom. The van der Waals surface area contributed by atoms with Gasteiger partial charge in [0, 0.05) is 42.7 Å². The topological polar surface area (TPSA) is 62.2 Å². The van der Waals surface area contributed by atoms with E-state index in [2.05, 4.69) is 4.90 Å². The van der Waals surface area contributed by atoms with E-state index < -0.39 is 12.2 Å². The van der Waals surface area contributed by atoms with Gasteiger partial charge in [0.1, 0.15) is 17.1 Å². The minimum absolute atomic E-state index is 0.361. The number of rotatable bonds is 4. The Hall–Kier alpha value is -1.79. The van der Waals surface area contributed by atoms with Crippen molar-refractivity contribution in [3.05, 3.63) is 58.6 Å². The zero-order valence-electron chi connectivity index (χ0n) is 16.0. The van der Waals surface area contributed by atoms with Crippen LogP contribution in [0.1, 0.15) is 42.6 Å². The molecule has 2 heterocycles. The number of likely N-dealkylation sites (tertiary alicyclic amines) is 1. The minimum atomic E-state index is -0.547. The van der Waals surface area contributed by atoms with E-state index in [0.717, 1.165) is 42.8 Å². The van der Waals surface area contributed by atoms with Gasteiger partial charge >= 0.3 is 0 Å². The van der Waals surface area contributed by atoms with E-state index in [1.807, 2.05) is 30.3 Å². The van der Waals surface area contributed by atoms with Crippen LogP contribution in [0.4, 0.5) is 0 Å². The van der Waals surface area contributed by atoms with Gasteiger partial charge in [-0.2, -0.15) is 0 Å². The van der Waals surface area contributed by atoms with Gasteiger partial charge in [0.15, 0.2) is 0 Å². The zero-order valence-corrected chi connectivity index (χ0v) is 16.7. The van der Waals surface area contributed by atoms with Crippen molar-refractivity contribution in [1.82, 2.24) is 4.90 Å². The number of methoxy groups -OCH3 is 1. The average molecular weight is 404 g/mol. The third kappa shape index (κ3) is 3.98. The molecule has 0 radical (unpaired) electrons. The fourth-order valence-corrected chi connectivity index (χ4v) is 4.35. The molecule has 150 valence electrons. The molecule has 2 aromatic rings. The van der Waals surface area contributed by atoms with Crippen LogP contribution < -0.4 is 9.47 Å². The van der Waals surface area contributed by atoms with Crippen molar-refractivity contribution in [3.63, 3.8) is 0 Å². The first-order valence-electron chi connectivity index (χ1n) is 9.69. The first kappa shape index (κ1) is 19.5. The van der Waals surface area contributed by atoms with E-state index >= 15 is 0 Å². The molecule has 1 fully saturated rings. The van der Waals surface area contributed by atoms with Gasteiger partial charge in [-0.1, -0.05) is 23.7 Å². The van der Waals surface area contributed by atoms with Crippen LogP contribution in [0.25, 0.3) is 0 Å². The second kappa shape index (κ2) is 7.91. The van der Waals surface area contributed by atoms with Crippen LogP contribution in [0.3, 0.4) is 0 Å². The molecule has 0 bridgehead atoms. The Balaban J connectivity index is 1.40. The lowest BCUT2D eigenvalue weighted by atomic mass is 9.81. The molecule has 4 rings (SSSR count). The van der Waals surface area contributed by atoms with E-state index in [9.17, 15) is 10.2 Å². The summed E-state index contributed by atoms with van der Waals surface area (Å²) in [6.45, 7) is 2.21. The van der Waals surface area contributed by atoms with Crippen molar-refractivity contribution in [2.45, 2.75) is 37.1 Å². The van der Waals surface area contributed by atoms with Gasteiger partial charge in [0.05, 0.1) is 19.3 Å². The third-order valence-corrected chi connectivity index (χ3v) is 6.18. The van der Waals surface area contributed by atoms with Crippen molar-refractivity contribution in [2.75, 3.05) is 26.7 Å². The highest BCUT2D eigenvalue weighted by atomic mass is 35.5. The predicted molar refractivity (Wildman–Crippen MR) is 108 cm³/mol. The van der Waals surface area contributed by atoms with Gasteiger partial charge in [-0.15, -0.1) is 0 Å². The first-order chi connectivity index (χ1) is 13.5. The predicted octanol–water partition coefficient (Wildman–Crippen LogP) is 3.73. The maximum absolute atomic E-state index is 10.6. The molecule has 0 amide bonds. The highest BCUT2D eigenvalue weighted by Gasteiger charge is 2.43. The van der Waals surface area contributed by atoms with E-state index in [1.165, 1.54) is 0 Å². The number of nitrogens with zero attached hydrogens (tertiary/aromatic N) is 1. The molecule has 2 atom stereocenters. The van der Waals surface area contributed by atoms with Crippen molar-refractivity contribution < 1.29 is 19.7 Å². The molecular formula is C22H26ClNO4. The van der Waals surface area contributed by atoms with E-state index in [4.69, 9.17) is 21.1 Å². The molecule has 1 saturated heterocycles. The van der Waals surface area contributed by atoms with E-state index in [-0.39, 0.29) is 5.60 Å². The summed E-state index contributed by atoms with van der Waals surface area (Å²) in [6.07, 6.45) is 1.15. The lowest BCUT2D eigenvalue weighted by molar-refractivity contribution is -0.0588. The summed E-state index contributed by atoms with van der Waals surface area (Å²) < 4.78 is 11.7. The summed E-state index contributed by atoms with van der Waals surface area (Å²) in [7, 11) is 1.63. The van der Waals surface area contributed by atoms with Gasteiger partial charge in [0.2, 0.25) is 0 Å². The summed E-state index contributed by atoms with van der Waals surface area (Å²) >= 11 is 5.92. The van der Waals surface area contributed by atoms with Gasteiger partial charge in [-0.3, -0.25) is 0 Å². The van der Waals surface area contributed by atoms with Gasteiger partial charge in [0.25, 0.3) is 0 Å². The summed E-state index contributed by atoms with van der Waals surface area (Å²) in [4.78, 5) is 2.25. The molecule has 0 aliphatic carbocycles.